The van der Waals surface area contributed by atoms with Gasteiger partial charge in [-0.2, -0.15) is 0 Å². The zero-order valence-electron chi connectivity index (χ0n) is 17.1. The van der Waals surface area contributed by atoms with E-state index in [1.54, 1.807) is 21.3 Å². The van der Waals surface area contributed by atoms with Crippen LogP contribution in [0.15, 0.2) is 30.3 Å². The Labute approximate surface area is 170 Å². The van der Waals surface area contributed by atoms with Crippen molar-refractivity contribution in [2.24, 2.45) is 0 Å². The number of fused-ring (bicyclic) bond motifs is 7. The van der Waals surface area contributed by atoms with Gasteiger partial charge in [-0.25, -0.2) is 0 Å². The van der Waals surface area contributed by atoms with Crippen LogP contribution in [0.5, 0.6) is 17.2 Å². The number of carbonyl (C=O) groups excluding carboxylic acids is 1. The van der Waals surface area contributed by atoms with Crippen molar-refractivity contribution in [1.82, 2.24) is 4.90 Å². The lowest BCUT2D eigenvalue weighted by Gasteiger charge is -2.41. The minimum absolute atomic E-state index is 0.144. The standard InChI is InChI=1S/C24H25NO4/c1-27-15-7-8-16-17-12-21(28-2)22(29-3)13-18(17)19-10-14-6-4-5-9-25(14)24(26)23(19)20(16)11-15/h7-8,11-14H,4-6,9-10H2,1-3H3. The second-order valence-corrected chi connectivity index (χ2v) is 7.87. The molecule has 1 unspecified atom stereocenters. The van der Waals surface area contributed by atoms with Crippen molar-refractivity contribution in [2.75, 3.05) is 27.9 Å². The Morgan fingerprint density at radius 1 is 0.862 bits per heavy atom. The molecule has 5 rings (SSSR count). The van der Waals surface area contributed by atoms with Crippen LogP contribution in [0.25, 0.3) is 21.5 Å². The van der Waals surface area contributed by atoms with E-state index in [9.17, 15) is 4.79 Å². The molecule has 1 atom stereocenters. The Morgan fingerprint density at radius 2 is 1.62 bits per heavy atom. The molecular formula is C24H25NO4. The molecule has 3 aromatic carbocycles. The Morgan fingerprint density at radius 3 is 2.34 bits per heavy atom. The summed E-state index contributed by atoms with van der Waals surface area (Å²) >= 11 is 0. The smallest absolute Gasteiger partial charge is 0.255 e. The lowest BCUT2D eigenvalue weighted by Crippen LogP contribution is -2.48. The molecule has 0 spiro atoms. The van der Waals surface area contributed by atoms with Crippen LogP contribution in [0.2, 0.25) is 0 Å². The molecule has 1 saturated heterocycles. The van der Waals surface area contributed by atoms with Crippen LogP contribution < -0.4 is 14.2 Å². The predicted molar refractivity (Wildman–Crippen MR) is 113 cm³/mol. The van der Waals surface area contributed by atoms with Crippen molar-refractivity contribution in [2.45, 2.75) is 31.7 Å². The third-order valence-electron chi connectivity index (χ3n) is 6.48. The van der Waals surface area contributed by atoms with E-state index in [-0.39, 0.29) is 11.9 Å². The zero-order valence-corrected chi connectivity index (χ0v) is 17.1. The summed E-state index contributed by atoms with van der Waals surface area (Å²) in [5.41, 5.74) is 1.94. The highest BCUT2D eigenvalue weighted by atomic mass is 16.5. The van der Waals surface area contributed by atoms with Gasteiger partial charge in [-0.15, -0.1) is 0 Å². The van der Waals surface area contributed by atoms with Crippen LogP contribution in [0.4, 0.5) is 0 Å². The quantitative estimate of drug-likeness (QED) is 0.614. The van der Waals surface area contributed by atoms with Crippen molar-refractivity contribution in [3.63, 3.8) is 0 Å². The molecule has 150 valence electrons. The molecule has 1 fully saturated rings. The van der Waals surface area contributed by atoms with Crippen LogP contribution >= 0.6 is 0 Å². The molecule has 0 radical (unpaired) electrons. The predicted octanol–water partition coefficient (Wildman–Crippen LogP) is 4.57. The summed E-state index contributed by atoms with van der Waals surface area (Å²) in [6, 6.07) is 10.3. The van der Waals surface area contributed by atoms with E-state index in [0.29, 0.717) is 11.5 Å². The summed E-state index contributed by atoms with van der Waals surface area (Å²) in [5, 5.41) is 4.14. The first-order valence-electron chi connectivity index (χ1n) is 10.2. The van der Waals surface area contributed by atoms with E-state index < -0.39 is 0 Å². The van der Waals surface area contributed by atoms with E-state index in [4.69, 9.17) is 14.2 Å². The highest BCUT2D eigenvalue weighted by Crippen LogP contribution is 2.44. The van der Waals surface area contributed by atoms with Gasteiger partial charge >= 0.3 is 0 Å². The number of ether oxygens (including phenoxy) is 3. The van der Waals surface area contributed by atoms with Crippen LogP contribution in [0.1, 0.15) is 35.2 Å². The average molecular weight is 391 g/mol. The summed E-state index contributed by atoms with van der Waals surface area (Å²) in [6.07, 6.45) is 4.20. The third kappa shape index (κ3) is 2.64. The number of hydrogen-bond acceptors (Lipinski definition) is 4. The van der Waals surface area contributed by atoms with Crippen molar-refractivity contribution < 1.29 is 19.0 Å². The van der Waals surface area contributed by atoms with Crippen molar-refractivity contribution in [3.05, 3.63) is 41.5 Å². The van der Waals surface area contributed by atoms with Crippen LogP contribution in [-0.2, 0) is 6.42 Å². The van der Waals surface area contributed by atoms with Gasteiger partial charge in [0.05, 0.1) is 26.9 Å². The largest absolute Gasteiger partial charge is 0.497 e. The number of benzene rings is 3. The van der Waals surface area contributed by atoms with Gasteiger partial charge in [0.2, 0.25) is 0 Å². The molecule has 0 bridgehead atoms. The first-order valence-corrected chi connectivity index (χ1v) is 10.2. The monoisotopic (exact) mass is 391 g/mol. The number of nitrogens with zero attached hydrogens (tertiary/aromatic N) is 1. The molecule has 0 saturated carbocycles. The summed E-state index contributed by atoms with van der Waals surface area (Å²) < 4.78 is 16.6. The van der Waals surface area contributed by atoms with Crippen molar-refractivity contribution >= 4 is 27.5 Å². The van der Waals surface area contributed by atoms with Gasteiger partial charge in [0.1, 0.15) is 5.75 Å². The molecule has 0 aromatic heterocycles. The number of rotatable bonds is 3. The normalized spacial score (nSPS) is 18.5. The summed E-state index contributed by atoms with van der Waals surface area (Å²) in [4.78, 5) is 15.7. The fourth-order valence-corrected chi connectivity index (χ4v) is 5.06. The molecule has 5 nitrogen and oxygen atoms in total. The Hall–Kier alpha value is -2.95. The molecule has 1 amide bonds. The highest BCUT2D eigenvalue weighted by molar-refractivity contribution is 6.20. The SMILES string of the molecule is COc1ccc2c(c1)c1c(c3cc(OC)c(OC)cc32)CC2CCCCN2C1=O. The van der Waals surface area contributed by atoms with Gasteiger partial charge < -0.3 is 19.1 Å². The summed E-state index contributed by atoms with van der Waals surface area (Å²) in [6.45, 7) is 0.846. The van der Waals surface area contributed by atoms with Crippen molar-refractivity contribution in [1.29, 1.82) is 0 Å². The van der Waals surface area contributed by atoms with Crippen LogP contribution in [0, 0.1) is 0 Å². The Kier molecular flexibility index (Phi) is 4.26. The molecule has 5 heteroatoms. The minimum atomic E-state index is 0.144. The molecule has 0 aliphatic carbocycles. The number of hydrogen-bond donors (Lipinski definition) is 0. The lowest BCUT2D eigenvalue weighted by atomic mass is 9.82. The maximum absolute atomic E-state index is 13.6. The van der Waals surface area contributed by atoms with Gasteiger partial charge in [0.25, 0.3) is 5.91 Å². The summed E-state index contributed by atoms with van der Waals surface area (Å²) in [5.74, 6) is 2.28. The van der Waals surface area contributed by atoms with Crippen LogP contribution in [0.3, 0.4) is 0 Å². The molecule has 2 heterocycles. The molecule has 2 aliphatic heterocycles. The second-order valence-electron chi connectivity index (χ2n) is 7.87. The molecule has 29 heavy (non-hydrogen) atoms. The molecular weight excluding hydrogens is 366 g/mol. The van der Waals surface area contributed by atoms with E-state index in [1.807, 2.05) is 30.3 Å². The van der Waals surface area contributed by atoms with E-state index in [0.717, 1.165) is 64.2 Å². The van der Waals surface area contributed by atoms with E-state index >= 15 is 0 Å². The van der Waals surface area contributed by atoms with Crippen LogP contribution in [-0.4, -0.2) is 44.7 Å². The van der Waals surface area contributed by atoms with Gasteiger partial charge in [-0.05, 0) is 77.1 Å². The first kappa shape index (κ1) is 18.1. The highest BCUT2D eigenvalue weighted by Gasteiger charge is 2.36. The van der Waals surface area contributed by atoms with E-state index in [1.165, 1.54) is 6.42 Å². The zero-order chi connectivity index (χ0) is 20.1. The van der Waals surface area contributed by atoms with Gasteiger partial charge in [-0.3, -0.25) is 4.79 Å². The first-order chi connectivity index (χ1) is 14.2. The average Bonchev–Trinajstić information content (AvgIpc) is 2.77. The lowest BCUT2D eigenvalue weighted by molar-refractivity contribution is 0.0586. The Bertz CT molecular complexity index is 1140. The second kappa shape index (κ2) is 6.83. The maximum Gasteiger partial charge on any atom is 0.255 e. The topological polar surface area (TPSA) is 48.0 Å². The third-order valence-corrected chi connectivity index (χ3v) is 6.48. The number of carbonyl (C=O) groups is 1. The number of methoxy groups -OCH3 is 3. The fraction of sp³-hybridized carbons (Fsp3) is 0.375. The maximum atomic E-state index is 13.6. The number of amides is 1. The van der Waals surface area contributed by atoms with Gasteiger partial charge in [0.15, 0.2) is 11.5 Å². The minimum Gasteiger partial charge on any atom is -0.497 e. The Balaban J connectivity index is 1.90. The fourth-order valence-electron chi connectivity index (χ4n) is 5.06. The summed E-state index contributed by atoms with van der Waals surface area (Å²) in [7, 11) is 4.96. The molecule has 3 aromatic rings. The molecule has 0 N–H and O–H groups in total. The molecule has 2 aliphatic rings. The van der Waals surface area contributed by atoms with Crippen molar-refractivity contribution in [3.8, 4) is 17.2 Å². The van der Waals surface area contributed by atoms with E-state index in [2.05, 4.69) is 4.90 Å². The number of piperidine rings is 1. The van der Waals surface area contributed by atoms with Gasteiger partial charge in [0, 0.05) is 12.6 Å². The van der Waals surface area contributed by atoms with Gasteiger partial charge in [-0.1, -0.05) is 6.07 Å².